The summed E-state index contributed by atoms with van der Waals surface area (Å²) < 4.78 is 2.02. The molecule has 1 atom stereocenters. The fourth-order valence-electron chi connectivity index (χ4n) is 2.78. The molecular formula is C21H16Br2O. The van der Waals surface area contributed by atoms with Crippen LogP contribution in [0.4, 0.5) is 0 Å². The Morgan fingerprint density at radius 3 is 2.12 bits per heavy atom. The fraction of sp³-hybridized carbons (Fsp3) is 0.0952. The van der Waals surface area contributed by atoms with Crippen molar-refractivity contribution in [2.24, 2.45) is 0 Å². The van der Waals surface area contributed by atoms with Crippen molar-refractivity contribution < 1.29 is 4.79 Å². The molecule has 120 valence electrons. The lowest BCUT2D eigenvalue weighted by Gasteiger charge is -2.17. The first kappa shape index (κ1) is 17.1. The maximum atomic E-state index is 12.9. The molecule has 3 rings (SSSR count). The Morgan fingerprint density at radius 2 is 1.46 bits per heavy atom. The van der Waals surface area contributed by atoms with E-state index in [0.29, 0.717) is 0 Å². The number of benzene rings is 3. The zero-order chi connectivity index (χ0) is 17.1. The van der Waals surface area contributed by atoms with Gasteiger partial charge in [-0.3, -0.25) is 4.79 Å². The summed E-state index contributed by atoms with van der Waals surface area (Å²) in [5.74, 6) is -0.0874. The smallest absolute Gasteiger partial charge is 0.170 e. The average molecular weight is 444 g/mol. The second kappa shape index (κ2) is 7.45. The highest BCUT2D eigenvalue weighted by atomic mass is 79.9. The lowest BCUT2D eigenvalue weighted by atomic mass is 9.87. The zero-order valence-electron chi connectivity index (χ0n) is 13.2. The Bertz CT molecular complexity index is 855. The quantitative estimate of drug-likeness (QED) is 0.402. The minimum absolute atomic E-state index is 0.132. The molecule has 3 aromatic carbocycles. The SMILES string of the molecule is C[C@H](C(=O)c1ccccc1)c1cc(Br)ccc1-c1ccc(Br)cc1. The number of rotatable bonds is 4. The third-order valence-electron chi connectivity index (χ3n) is 4.09. The number of carbonyl (C=O) groups is 1. The van der Waals surface area contributed by atoms with E-state index < -0.39 is 0 Å². The van der Waals surface area contributed by atoms with Gasteiger partial charge in [0.25, 0.3) is 0 Å². The van der Waals surface area contributed by atoms with Crippen LogP contribution in [-0.4, -0.2) is 5.78 Å². The molecule has 0 bridgehead atoms. The van der Waals surface area contributed by atoms with Crippen molar-refractivity contribution in [1.29, 1.82) is 0 Å². The third kappa shape index (κ3) is 3.68. The third-order valence-corrected chi connectivity index (χ3v) is 5.11. The van der Waals surface area contributed by atoms with Gasteiger partial charge in [0.1, 0.15) is 0 Å². The van der Waals surface area contributed by atoms with E-state index in [-0.39, 0.29) is 11.7 Å². The molecule has 0 amide bonds. The lowest BCUT2D eigenvalue weighted by molar-refractivity contribution is 0.0966. The van der Waals surface area contributed by atoms with E-state index in [1.165, 1.54) is 0 Å². The van der Waals surface area contributed by atoms with Gasteiger partial charge < -0.3 is 0 Å². The van der Waals surface area contributed by atoms with Gasteiger partial charge >= 0.3 is 0 Å². The molecule has 3 heteroatoms. The van der Waals surface area contributed by atoms with E-state index in [1.807, 2.05) is 61.5 Å². The number of hydrogen-bond donors (Lipinski definition) is 0. The van der Waals surface area contributed by atoms with Crippen LogP contribution in [0.5, 0.6) is 0 Å². The van der Waals surface area contributed by atoms with Crippen LogP contribution in [-0.2, 0) is 0 Å². The van der Waals surface area contributed by atoms with Crippen LogP contribution in [0.1, 0.15) is 28.8 Å². The Kier molecular flexibility index (Phi) is 5.32. The fourth-order valence-corrected chi connectivity index (χ4v) is 3.42. The highest BCUT2D eigenvalue weighted by Crippen LogP contribution is 2.34. The number of halogens is 2. The lowest BCUT2D eigenvalue weighted by Crippen LogP contribution is -2.10. The van der Waals surface area contributed by atoms with Gasteiger partial charge in [-0.15, -0.1) is 0 Å². The first-order valence-electron chi connectivity index (χ1n) is 7.71. The predicted octanol–water partition coefficient (Wildman–Crippen LogP) is 6.87. The molecular weight excluding hydrogens is 428 g/mol. The van der Waals surface area contributed by atoms with Gasteiger partial charge in [-0.2, -0.15) is 0 Å². The van der Waals surface area contributed by atoms with Gasteiger partial charge in [0.2, 0.25) is 0 Å². The van der Waals surface area contributed by atoms with Crippen molar-refractivity contribution in [3.63, 3.8) is 0 Å². The summed E-state index contributed by atoms with van der Waals surface area (Å²) in [6, 6.07) is 23.8. The van der Waals surface area contributed by atoms with Crippen molar-refractivity contribution in [3.05, 3.63) is 92.9 Å². The summed E-state index contributed by atoms with van der Waals surface area (Å²) in [7, 11) is 0. The molecule has 0 N–H and O–H groups in total. The standard InChI is InChI=1S/C21H16Br2O/c1-14(21(24)16-5-3-2-4-6-16)20-13-18(23)11-12-19(20)15-7-9-17(22)10-8-15/h2-14H,1H3/t14-/m0/s1. The monoisotopic (exact) mass is 442 g/mol. The topological polar surface area (TPSA) is 17.1 Å². The number of carbonyl (C=O) groups excluding carboxylic acids is 1. The van der Waals surface area contributed by atoms with Crippen molar-refractivity contribution in [2.75, 3.05) is 0 Å². The molecule has 0 aromatic heterocycles. The molecule has 0 heterocycles. The Balaban J connectivity index is 2.05. The summed E-state index contributed by atoms with van der Waals surface area (Å²) in [5.41, 5.74) is 3.96. The normalized spacial score (nSPS) is 12.0. The molecule has 0 aliphatic carbocycles. The summed E-state index contributed by atoms with van der Waals surface area (Å²) in [4.78, 5) is 12.9. The van der Waals surface area contributed by atoms with Crippen LogP contribution >= 0.6 is 31.9 Å². The van der Waals surface area contributed by atoms with E-state index in [2.05, 4.69) is 50.1 Å². The molecule has 24 heavy (non-hydrogen) atoms. The van der Waals surface area contributed by atoms with Crippen molar-refractivity contribution >= 4 is 37.6 Å². The van der Waals surface area contributed by atoms with E-state index in [1.54, 1.807) is 0 Å². The van der Waals surface area contributed by atoms with Crippen molar-refractivity contribution in [2.45, 2.75) is 12.8 Å². The van der Waals surface area contributed by atoms with Crippen molar-refractivity contribution in [1.82, 2.24) is 0 Å². The molecule has 3 aromatic rings. The van der Waals surface area contributed by atoms with E-state index in [4.69, 9.17) is 0 Å². The van der Waals surface area contributed by atoms with Crippen LogP contribution in [0.3, 0.4) is 0 Å². The largest absolute Gasteiger partial charge is 0.294 e. The molecule has 0 aliphatic rings. The molecule has 0 unspecified atom stereocenters. The van der Waals surface area contributed by atoms with E-state index >= 15 is 0 Å². The number of ketones is 1. The molecule has 0 radical (unpaired) electrons. The van der Waals surface area contributed by atoms with Crippen LogP contribution in [0, 0.1) is 0 Å². The molecule has 0 spiro atoms. The maximum Gasteiger partial charge on any atom is 0.170 e. The van der Waals surface area contributed by atoms with Gasteiger partial charge in [0.15, 0.2) is 5.78 Å². The molecule has 0 fully saturated rings. The highest BCUT2D eigenvalue weighted by molar-refractivity contribution is 9.10. The van der Waals surface area contributed by atoms with Crippen LogP contribution in [0.15, 0.2) is 81.7 Å². The van der Waals surface area contributed by atoms with Gasteiger partial charge in [0.05, 0.1) is 0 Å². The molecule has 0 aliphatic heterocycles. The second-order valence-corrected chi connectivity index (χ2v) is 7.52. The Hall–Kier alpha value is -1.71. The highest BCUT2D eigenvalue weighted by Gasteiger charge is 2.20. The second-order valence-electron chi connectivity index (χ2n) is 5.69. The van der Waals surface area contributed by atoms with E-state index in [9.17, 15) is 4.79 Å². The zero-order valence-corrected chi connectivity index (χ0v) is 16.3. The maximum absolute atomic E-state index is 12.9. The van der Waals surface area contributed by atoms with E-state index in [0.717, 1.165) is 31.2 Å². The summed E-state index contributed by atoms with van der Waals surface area (Å²) in [6.07, 6.45) is 0. The van der Waals surface area contributed by atoms with Gasteiger partial charge in [-0.05, 0) is 41.0 Å². The minimum atomic E-state index is -0.219. The average Bonchev–Trinajstić information content (AvgIpc) is 2.62. The van der Waals surface area contributed by atoms with Gasteiger partial charge in [-0.1, -0.05) is 87.3 Å². The molecule has 1 nitrogen and oxygen atoms in total. The Morgan fingerprint density at radius 1 is 0.833 bits per heavy atom. The molecule has 0 saturated heterocycles. The van der Waals surface area contributed by atoms with Crippen LogP contribution in [0.2, 0.25) is 0 Å². The van der Waals surface area contributed by atoms with Gasteiger partial charge in [0, 0.05) is 20.4 Å². The summed E-state index contributed by atoms with van der Waals surface area (Å²) >= 11 is 7.00. The van der Waals surface area contributed by atoms with Crippen LogP contribution in [0.25, 0.3) is 11.1 Å². The first-order valence-corrected chi connectivity index (χ1v) is 9.29. The summed E-state index contributed by atoms with van der Waals surface area (Å²) in [6.45, 7) is 1.97. The minimum Gasteiger partial charge on any atom is -0.294 e. The van der Waals surface area contributed by atoms with Crippen molar-refractivity contribution in [3.8, 4) is 11.1 Å². The van der Waals surface area contributed by atoms with Gasteiger partial charge in [-0.25, -0.2) is 0 Å². The number of hydrogen-bond acceptors (Lipinski definition) is 1. The molecule has 0 saturated carbocycles. The number of Topliss-reactive ketones (excluding diaryl/α,β-unsaturated/α-hetero) is 1. The Labute approximate surface area is 159 Å². The predicted molar refractivity (Wildman–Crippen MR) is 106 cm³/mol. The first-order chi connectivity index (χ1) is 11.6. The van der Waals surface area contributed by atoms with Crippen LogP contribution < -0.4 is 0 Å². The summed E-state index contributed by atoms with van der Waals surface area (Å²) in [5, 5.41) is 0.